The van der Waals surface area contributed by atoms with Crippen molar-refractivity contribution in [3.63, 3.8) is 0 Å². The molecule has 2 aliphatic carbocycles. The van der Waals surface area contributed by atoms with Crippen molar-refractivity contribution in [3.8, 4) is 5.75 Å². The Bertz CT molecular complexity index is 1130. The summed E-state index contributed by atoms with van der Waals surface area (Å²) in [6.07, 6.45) is 7.78. The van der Waals surface area contributed by atoms with Gasteiger partial charge in [-0.25, -0.2) is 0 Å². The van der Waals surface area contributed by atoms with Gasteiger partial charge in [0.25, 0.3) is 0 Å². The summed E-state index contributed by atoms with van der Waals surface area (Å²) in [7, 11) is 1.87. The van der Waals surface area contributed by atoms with E-state index in [9.17, 15) is 13.2 Å². The number of hydrogen-bond acceptors (Lipinski definition) is 6. The van der Waals surface area contributed by atoms with Gasteiger partial charge >= 0.3 is 6.18 Å². The van der Waals surface area contributed by atoms with Crippen LogP contribution < -0.4 is 16.2 Å². The molecule has 1 saturated carbocycles. The summed E-state index contributed by atoms with van der Waals surface area (Å²) in [6, 6.07) is 5.30. The Morgan fingerprint density at radius 1 is 1.19 bits per heavy atom. The molecule has 10 heteroatoms. The third-order valence-corrected chi connectivity index (χ3v) is 7.02. The van der Waals surface area contributed by atoms with Crippen LogP contribution in [0.3, 0.4) is 0 Å². The van der Waals surface area contributed by atoms with E-state index < -0.39 is 11.7 Å². The zero-order valence-corrected chi connectivity index (χ0v) is 20.4. The lowest BCUT2D eigenvalue weighted by Gasteiger charge is -2.26. The molecule has 0 amide bonds. The number of rotatable bonds is 7. The average Bonchev–Trinajstić information content (AvgIpc) is 3.24. The van der Waals surface area contributed by atoms with Crippen LogP contribution in [0.2, 0.25) is 0 Å². The highest BCUT2D eigenvalue weighted by Gasteiger charge is 2.31. The quantitative estimate of drug-likeness (QED) is 0.530. The number of hydrogen-bond donors (Lipinski definition) is 2. The molecule has 1 aromatic carbocycles. The molecule has 0 spiro atoms. The maximum Gasteiger partial charge on any atom is 0.416 e. The highest BCUT2D eigenvalue weighted by Crippen LogP contribution is 2.34. The Balaban J connectivity index is 1.31. The van der Waals surface area contributed by atoms with E-state index in [1.54, 1.807) is 6.20 Å². The molecule has 1 fully saturated rings. The van der Waals surface area contributed by atoms with E-state index in [1.807, 2.05) is 17.8 Å². The van der Waals surface area contributed by atoms with Gasteiger partial charge in [0, 0.05) is 43.0 Å². The molecular formula is C26H33F3N6O. The molecule has 0 bridgehead atoms. The molecule has 2 aliphatic rings. The minimum Gasteiger partial charge on any atom is -0.486 e. The van der Waals surface area contributed by atoms with Crippen molar-refractivity contribution in [1.82, 2.24) is 14.8 Å². The highest BCUT2D eigenvalue weighted by atomic mass is 19.4. The molecule has 194 valence electrons. The largest absolute Gasteiger partial charge is 0.486 e. The molecule has 7 nitrogen and oxygen atoms in total. The lowest BCUT2D eigenvalue weighted by atomic mass is 9.85. The predicted molar refractivity (Wildman–Crippen MR) is 132 cm³/mol. The molecule has 0 aliphatic heterocycles. The number of alkyl halides is 3. The molecule has 0 saturated heterocycles. The summed E-state index contributed by atoms with van der Waals surface area (Å²) in [6.45, 7) is 0.0411. The van der Waals surface area contributed by atoms with E-state index in [1.165, 1.54) is 17.7 Å². The molecule has 4 N–H and O–H groups in total. The Hall–Kier alpha value is -3.14. The summed E-state index contributed by atoms with van der Waals surface area (Å²) in [5, 5.41) is 8.58. The summed E-state index contributed by atoms with van der Waals surface area (Å²) in [5.74, 6) is 1.83. The van der Waals surface area contributed by atoms with Crippen LogP contribution in [0, 0.1) is 0 Å². The van der Waals surface area contributed by atoms with Gasteiger partial charge in [-0.1, -0.05) is 12.1 Å². The Kier molecular flexibility index (Phi) is 8.13. The van der Waals surface area contributed by atoms with E-state index in [-0.39, 0.29) is 30.4 Å². The number of allylic oxidation sites excluding steroid dienone is 2. The first-order chi connectivity index (χ1) is 17.2. The topological polar surface area (TPSA) is 104 Å². The fourth-order valence-corrected chi connectivity index (χ4v) is 4.79. The van der Waals surface area contributed by atoms with Gasteiger partial charge in [-0.3, -0.25) is 4.99 Å². The number of nitrogens with two attached hydrogens (primary N) is 2. The van der Waals surface area contributed by atoms with Crippen LogP contribution in [-0.2, 0) is 19.8 Å². The lowest BCUT2D eigenvalue weighted by Crippen LogP contribution is -2.22. The third-order valence-electron chi connectivity index (χ3n) is 7.02. The maximum atomic E-state index is 12.9. The second-order valence-corrected chi connectivity index (χ2v) is 9.52. The van der Waals surface area contributed by atoms with E-state index in [4.69, 9.17) is 21.2 Å². The first-order valence-corrected chi connectivity index (χ1v) is 12.3. The molecule has 1 heterocycles. The van der Waals surface area contributed by atoms with E-state index in [2.05, 4.69) is 16.3 Å². The van der Waals surface area contributed by atoms with Gasteiger partial charge in [0.2, 0.25) is 0 Å². The van der Waals surface area contributed by atoms with E-state index in [0.717, 1.165) is 68.5 Å². The first kappa shape index (κ1) is 25.9. The molecule has 2 aromatic rings. The van der Waals surface area contributed by atoms with Crippen molar-refractivity contribution in [2.24, 2.45) is 23.5 Å². The minimum absolute atomic E-state index is 0.0411. The van der Waals surface area contributed by atoms with Gasteiger partial charge in [-0.2, -0.15) is 13.2 Å². The number of halogens is 3. The van der Waals surface area contributed by atoms with Gasteiger partial charge in [0.15, 0.2) is 5.82 Å². The molecular weight excluding hydrogens is 469 g/mol. The molecule has 36 heavy (non-hydrogen) atoms. The number of nitrogens with zero attached hydrogens (tertiary/aromatic N) is 4. The van der Waals surface area contributed by atoms with E-state index in [0.29, 0.717) is 5.82 Å². The van der Waals surface area contributed by atoms with Gasteiger partial charge in [0.05, 0.1) is 5.56 Å². The van der Waals surface area contributed by atoms with Crippen LogP contribution in [0.5, 0.6) is 5.75 Å². The monoisotopic (exact) mass is 502 g/mol. The van der Waals surface area contributed by atoms with Crippen molar-refractivity contribution >= 4 is 6.21 Å². The summed E-state index contributed by atoms with van der Waals surface area (Å²) in [4.78, 5) is 4.80. The van der Waals surface area contributed by atoms with Gasteiger partial charge in [-0.15, -0.1) is 10.2 Å². The smallest absolute Gasteiger partial charge is 0.416 e. The van der Waals surface area contributed by atoms with Gasteiger partial charge < -0.3 is 20.8 Å². The fraction of sp³-hybridized carbons (Fsp3) is 0.500. The number of aromatic nitrogens is 3. The Morgan fingerprint density at radius 3 is 2.64 bits per heavy atom. The molecule has 4 rings (SSSR count). The van der Waals surface area contributed by atoms with Crippen LogP contribution in [0.1, 0.15) is 68.1 Å². The van der Waals surface area contributed by atoms with Crippen LogP contribution in [0.4, 0.5) is 13.2 Å². The van der Waals surface area contributed by atoms with Crippen molar-refractivity contribution in [2.75, 3.05) is 0 Å². The summed E-state index contributed by atoms with van der Waals surface area (Å²) < 4.78 is 46.3. The standard InChI is InChI=1S/C26H33F3N6O/c1-35-24(16-36-23-4-2-3-20(13-23)26(27,28)29)33-34-25(35)18-7-11-22(12-8-18)32-15-19(14-30)17-5-9-21(31)10-6-17/h2-5,13-15,18,21-22H,6-12,16,30-31H2,1H3. The Morgan fingerprint density at radius 2 is 1.97 bits per heavy atom. The number of ether oxygens (including phenoxy) is 1. The van der Waals surface area contributed by atoms with Gasteiger partial charge in [0.1, 0.15) is 18.2 Å². The number of benzene rings is 1. The average molecular weight is 503 g/mol. The van der Waals surface area contributed by atoms with Crippen LogP contribution >= 0.6 is 0 Å². The van der Waals surface area contributed by atoms with Crippen LogP contribution in [0.15, 0.2) is 52.7 Å². The first-order valence-electron chi connectivity index (χ1n) is 12.3. The van der Waals surface area contributed by atoms with Crippen LogP contribution in [-0.4, -0.2) is 33.1 Å². The highest BCUT2D eigenvalue weighted by molar-refractivity contribution is 5.84. The van der Waals surface area contributed by atoms with Crippen molar-refractivity contribution in [3.05, 3.63) is 64.9 Å². The predicted octanol–water partition coefficient (Wildman–Crippen LogP) is 4.79. The molecule has 1 atom stereocenters. The summed E-state index contributed by atoms with van der Waals surface area (Å²) in [5.41, 5.74) is 13.3. The van der Waals surface area contributed by atoms with E-state index >= 15 is 0 Å². The van der Waals surface area contributed by atoms with Crippen LogP contribution in [0.25, 0.3) is 0 Å². The molecule has 1 aromatic heterocycles. The Labute approximate surface area is 209 Å². The second-order valence-electron chi connectivity index (χ2n) is 9.52. The normalized spacial score (nSPS) is 23.6. The molecule has 0 radical (unpaired) electrons. The zero-order valence-electron chi connectivity index (χ0n) is 20.4. The maximum absolute atomic E-state index is 12.9. The third kappa shape index (κ3) is 6.34. The lowest BCUT2D eigenvalue weighted by molar-refractivity contribution is -0.137. The number of aliphatic imine (C=N–C) groups is 1. The summed E-state index contributed by atoms with van der Waals surface area (Å²) >= 11 is 0. The zero-order chi connectivity index (χ0) is 25.7. The van der Waals surface area contributed by atoms with Gasteiger partial charge in [-0.05, 0) is 68.7 Å². The molecule has 1 unspecified atom stereocenters. The second kappa shape index (κ2) is 11.3. The SMILES string of the molecule is Cn1c(COc2cccc(C(F)(F)F)c2)nnc1C1CCC(N=CC(=CN)C2=CCC(N)CC2)CC1. The fourth-order valence-electron chi connectivity index (χ4n) is 4.79. The van der Waals surface area contributed by atoms with Crippen molar-refractivity contribution in [2.45, 2.75) is 75.7 Å². The van der Waals surface area contributed by atoms with Crippen molar-refractivity contribution < 1.29 is 17.9 Å². The minimum atomic E-state index is -4.41. The van der Waals surface area contributed by atoms with Crippen molar-refractivity contribution in [1.29, 1.82) is 0 Å².